The summed E-state index contributed by atoms with van der Waals surface area (Å²) in [5.74, 6) is 0.883. The average Bonchev–Trinajstić information content (AvgIpc) is 2.89. The molecule has 8 nitrogen and oxygen atoms in total. The van der Waals surface area contributed by atoms with Crippen molar-refractivity contribution in [1.29, 1.82) is 0 Å². The van der Waals surface area contributed by atoms with Crippen LogP contribution in [0.1, 0.15) is 0 Å². The topological polar surface area (TPSA) is 102 Å². The van der Waals surface area contributed by atoms with Gasteiger partial charge in [-0.2, -0.15) is 9.97 Å². The van der Waals surface area contributed by atoms with E-state index in [4.69, 9.17) is 15.5 Å². The zero-order valence-electron chi connectivity index (χ0n) is 18.5. The maximum absolute atomic E-state index is 5.98. The maximum Gasteiger partial charge on any atom is 0.224 e. The third-order valence-corrected chi connectivity index (χ3v) is 5.98. The molecule has 1 fully saturated rings. The second kappa shape index (κ2) is 8.57. The van der Waals surface area contributed by atoms with Gasteiger partial charge in [0.25, 0.3) is 0 Å². The number of nitrogens with one attached hydrogen (secondary N) is 1. The van der Waals surface area contributed by atoms with Crippen LogP contribution in [0.15, 0.2) is 72.9 Å². The largest absolute Gasteiger partial charge is 0.378 e. The third kappa shape index (κ3) is 3.74. The number of rotatable bonds is 4. The summed E-state index contributed by atoms with van der Waals surface area (Å²) in [5.41, 5.74) is 10.7. The van der Waals surface area contributed by atoms with Crippen molar-refractivity contribution in [3.63, 3.8) is 0 Å². The van der Waals surface area contributed by atoms with Crippen molar-refractivity contribution in [3.05, 3.63) is 72.9 Å². The first-order valence-corrected chi connectivity index (χ1v) is 11.2. The summed E-state index contributed by atoms with van der Waals surface area (Å²) in [6.45, 7) is 2.71. The van der Waals surface area contributed by atoms with Gasteiger partial charge < -0.3 is 20.7 Å². The first kappa shape index (κ1) is 20.3. The van der Waals surface area contributed by atoms with E-state index in [1.807, 2.05) is 36.4 Å². The standard InChI is InChI=1S/C26H23N7O/c27-26-31-24-23(25(32-26)33-12-14-34-15-13-33)30-22(16-28-24)19-9-3-4-10-21(19)29-20-11-5-7-17-6-1-2-8-18(17)20/h1-11,16,29H,12-15H2,(H2,27,28,31,32). The Bertz CT molecular complexity index is 1490. The van der Waals surface area contributed by atoms with Gasteiger partial charge in [-0.3, -0.25) is 0 Å². The summed E-state index contributed by atoms with van der Waals surface area (Å²) in [5, 5.41) is 5.94. The van der Waals surface area contributed by atoms with Crippen molar-refractivity contribution >= 4 is 45.1 Å². The molecule has 3 N–H and O–H groups in total. The molecule has 0 aliphatic carbocycles. The van der Waals surface area contributed by atoms with E-state index in [1.165, 1.54) is 5.39 Å². The SMILES string of the molecule is Nc1nc(N2CCOCC2)c2nc(-c3ccccc3Nc3cccc4ccccc34)cnc2n1. The number of benzene rings is 3. The summed E-state index contributed by atoms with van der Waals surface area (Å²) >= 11 is 0. The highest BCUT2D eigenvalue weighted by atomic mass is 16.5. The second-order valence-electron chi connectivity index (χ2n) is 8.13. The molecule has 0 bridgehead atoms. The Morgan fingerprint density at radius 1 is 0.824 bits per heavy atom. The lowest BCUT2D eigenvalue weighted by atomic mass is 10.1. The van der Waals surface area contributed by atoms with Gasteiger partial charge in [-0.15, -0.1) is 0 Å². The Kier molecular flexibility index (Phi) is 5.12. The van der Waals surface area contributed by atoms with Crippen molar-refractivity contribution in [2.45, 2.75) is 0 Å². The number of aromatic nitrogens is 4. The Hall–Kier alpha value is -4.30. The quantitative estimate of drug-likeness (QED) is 0.416. The lowest BCUT2D eigenvalue weighted by Gasteiger charge is -2.28. The van der Waals surface area contributed by atoms with Gasteiger partial charge in [0.2, 0.25) is 5.95 Å². The summed E-state index contributed by atoms with van der Waals surface area (Å²) in [4.78, 5) is 20.5. The van der Waals surface area contributed by atoms with Crippen LogP contribution in [-0.2, 0) is 4.74 Å². The van der Waals surface area contributed by atoms with Gasteiger partial charge in [-0.05, 0) is 17.5 Å². The lowest BCUT2D eigenvalue weighted by Crippen LogP contribution is -2.37. The number of para-hydroxylation sites is 1. The molecule has 0 atom stereocenters. The molecule has 1 aliphatic heterocycles. The van der Waals surface area contributed by atoms with Crippen molar-refractivity contribution in [2.24, 2.45) is 0 Å². The first-order chi connectivity index (χ1) is 16.8. The minimum absolute atomic E-state index is 0.189. The first-order valence-electron chi connectivity index (χ1n) is 11.2. The van der Waals surface area contributed by atoms with E-state index in [1.54, 1.807) is 6.20 Å². The number of morpholine rings is 1. The van der Waals surface area contributed by atoms with Crippen molar-refractivity contribution in [2.75, 3.05) is 42.3 Å². The van der Waals surface area contributed by atoms with Gasteiger partial charge in [-0.1, -0.05) is 54.6 Å². The summed E-state index contributed by atoms with van der Waals surface area (Å²) in [6.07, 6.45) is 1.74. The molecule has 168 valence electrons. The van der Waals surface area contributed by atoms with Crippen LogP contribution >= 0.6 is 0 Å². The zero-order chi connectivity index (χ0) is 22.9. The summed E-state index contributed by atoms with van der Waals surface area (Å²) in [6, 6.07) is 22.7. The van der Waals surface area contributed by atoms with Crippen LogP contribution in [0.4, 0.5) is 23.1 Å². The van der Waals surface area contributed by atoms with Gasteiger partial charge in [0, 0.05) is 35.4 Å². The molecule has 3 aromatic carbocycles. The van der Waals surface area contributed by atoms with Crippen LogP contribution in [-0.4, -0.2) is 46.2 Å². The maximum atomic E-state index is 5.98. The average molecular weight is 450 g/mol. The molecular weight excluding hydrogens is 426 g/mol. The summed E-state index contributed by atoms with van der Waals surface area (Å²) in [7, 11) is 0. The van der Waals surface area contributed by atoms with Crippen LogP contribution in [0.3, 0.4) is 0 Å². The molecule has 0 saturated carbocycles. The lowest BCUT2D eigenvalue weighted by molar-refractivity contribution is 0.122. The van der Waals surface area contributed by atoms with E-state index in [9.17, 15) is 0 Å². The minimum atomic E-state index is 0.189. The fraction of sp³-hybridized carbons (Fsp3) is 0.154. The van der Waals surface area contributed by atoms with E-state index in [-0.39, 0.29) is 5.95 Å². The van der Waals surface area contributed by atoms with Gasteiger partial charge in [0.1, 0.15) is 0 Å². The van der Waals surface area contributed by atoms with Crippen molar-refractivity contribution < 1.29 is 4.74 Å². The van der Waals surface area contributed by atoms with Gasteiger partial charge in [-0.25, -0.2) is 9.97 Å². The highest BCUT2D eigenvalue weighted by molar-refractivity contribution is 5.97. The molecule has 8 heteroatoms. The van der Waals surface area contributed by atoms with Crippen LogP contribution in [0, 0.1) is 0 Å². The second-order valence-corrected chi connectivity index (χ2v) is 8.13. The van der Waals surface area contributed by atoms with Gasteiger partial charge in [0.05, 0.1) is 25.1 Å². The number of nitrogens with zero attached hydrogens (tertiary/aromatic N) is 5. The Labute approximate surface area is 196 Å². The Balaban J connectivity index is 1.45. The number of nitrogens with two attached hydrogens (primary N) is 1. The van der Waals surface area contributed by atoms with E-state index in [0.29, 0.717) is 30.2 Å². The predicted octanol–water partition coefficient (Wildman–Crippen LogP) is 4.40. The molecule has 1 aliphatic rings. The molecule has 3 heterocycles. The van der Waals surface area contributed by atoms with E-state index < -0.39 is 0 Å². The van der Waals surface area contributed by atoms with Crippen molar-refractivity contribution in [1.82, 2.24) is 19.9 Å². The number of hydrogen-bond donors (Lipinski definition) is 2. The molecule has 0 amide bonds. The number of anilines is 4. The number of hydrogen-bond acceptors (Lipinski definition) is 8. The molecule has 0 spiro atoms. The fourth-order valence-corrected chi connectivity index (χ4v) is 4.33. The summed E-state index contributed by atoms with van der Waals surface area (Å²) < 4.78 is 5.50. The highest BCUT2D eigenvalue weighted by Crippen LogP contribution is 2.33. The predicted molar refractivity (Wildman–Crippen MR) is 135 cm³/mol. The van der Waals surface area contributed by atoms with Crippen LogP contribution in [0.5, 0.6) is 0 Å². The van der Waals surface area contributed by atoms with Gasteiger partial charge in [0.15, 0.2) is 17.0 Å². The third-order valence-electron chi connectivity index (χ3n) is 5.98. The molecular formula is C26H23N7O. The smallest absolute Gasteiger partial charge is 0.224 e. The highest BCUT2D eigenvalue weighted by Gasteiger charge is 2.20. The molecule has 6 rings (SSSR count). The normalized spacial score (nSPS) is 13.9. The molecule has 2 aromatic heterocycles. The molecule has 5 aromatic rings. The van der Waals surface area contributed by atoms with Crippen LogP contribution in [0.2, 0.25) is 0 Å². The zero-order valence-corrected chi connectivity index (χ0v) is 18.5. The van der Waals surface area contributed by atoms with E-state index in [2.05, 4.69) is 55.5 Å². The molecule has 0 radical (unpaired) electrons. The van der Waals surface area contributed by atoms with E-state index >= 15 is 0 Å². The van der Waals surface area contributed by atoms with Crippen molar-refractivity contribution in [3.8, 4) is 11.3 Å². The number of fused-ring (bicyclic) bond motifs is 2. The number of nitrogen functional groups attached to an aromatic ring is 1. The molecule has 0 unspecified atom stereocenters. The molecule has 1 saturated heterocycles. The minimum Gasteiger partial charge on any atom is -0.378 e. The van der Waals surface area contributed by atoms with Gasteiger partial charge >= 0.3 is 0 Å². The Morgan fingerprint density at radius 3 is 2.50 bits per heavy atom. The van der Waals surface area contributed by atoms with Crippen LogP contribution < -0.4 is 16.0 Å². The fourth-order valence-electron chi connectivity index (χ4n) is 4.33. The Morgan fingerprint density at radius 2 is 1.59 bits per heavy atom. The monoisotopic (exact) mass is 449 g/mol. The van der Waals surface area contributed by atoms with Crippen LogP contribution in [0.25, 0.3) is 33.2 Å². The number of ether oxygens (including phenoxy) is 1. The van der Waals surface area contributed by atoms with E-state index in [0.717, 1.165) is 41.1 Å². The molecule has 34 heavy (non-hydrogen) atoms.